The molecule has 1 heterocycles. The van der Waals surface area contributed by atoms with Crippen LogP contribution in [-0.4, -0.2) is 24.7 Å². The topological polar surface area (TPSA) is 49.3 Å². The highest BCUT2D eigenvalue weighted by molar-refractivity contribution is 9.11. The van der Waals surface area contributed by atoms with Gasteiger partial charge < -0.3 is 10.4 Å². The van der Waals surface area contributed by atoms with Crippen molar-refractivity contribution in [3.63, 3.8) is 0 Å². The zero-order chi connectivity index (χ0) is 10.6. The molecule has 14 heavy (non-hydrogen) atoms. The van der Waals surface area contributed by atoms with Gasteiger partial charge in [-0.05, 0) is 35.1 Å². The lowest BCUT2D eigenvalue weighted by Gasteiger charge is -2.11. The SMILES string of the molecule is CNCC(CC(=O)O)c1ccc(Br)s1. The standard InChI is InChI=1S/C9H12BrNO2S/c1-11-5-6(4-9(12)13)7-2-3-8(10)14-7/h2-3,6,11H,4-5H2,1H3,(H,12,13). The number of rotatable bonds is 5. The van der Waals surface area contributed by atoms with Crippen LogP contribution in [0, 0.1) is 0 Å². The quantitative estimate of drug-likeness (QED) is 0.868. The summed E-state index contributed by atoms with van der Waals surface area (Å²) in [6.45, 7) is 0.694. The van der Waals surface area contributed by atoms with Crippen molar-refractivity contribution in [1.82, 2.24) is 5.32 Å². The van der Waals surface area contributed by atoms with Crippen LogP contribution in [0.3, 0.4) is 0 Å². The number of hydrogen-bond donors (Lipinski definition) is 2. The number of nitrogens with one attached hydrogen (secondary N) is 1. The Hall–Kier alpha value is -0.390. The molecule has 1 atom stereocenters. The molecule has 1 unspecified atom stereocenters. The van der Waals surface area contributed by atoms with Crippen LogP contribution in [0.25, 0.3) is 0 Å². The summed E-state index contributed by atoms with van der Waals surface area (Å²) >= 11 is 4.96. The number of hydrogen-bond acceptors (Lipinski definition) is 3. The van der Waals surface area contributed by atoms with Crippen molar-refractivity contribution in [3.8, 4) is 0 Å². The fourth-order valence-corrected chi connectivity index (χ4v) is 2.80. The number of carbonyl (C=O) groups is 1. The molecule has 0 saturated heterocycles. The van der Waals surface area contributed by atoms with Gasteiger partial charge in [0.05, 0.1) is 10.2 Å². The van der Waals surface area contributed by atoms with Gasteiger partial charge in [-0.25, -0.2) is 0 Å². The summed E-state index contributed by atoms with van der Waals surface area (Å²) in [5, 5.41) is 11.8. The molecule has 0 fully saturated rings. The Morgan fingerprint density at radius 2 is 2.43 bits per heavy atom. The number of likely N-dealkylation sites (N-methyl/N-ethyl adjacent to an activating group) is 1. The molecule has 0 radical (unpaired) electrons. The van der Waals surface area contributed by atoms with E-state index in [4.69, 9.17) is 5.11 Å². The average Bonchev–Trinajstić information content (AvgIpc) is 2.50. The van der Waals surface area contributed by atoms with Crippen molar-refractivity contribution in [3.05, 3.63) is 20.8 Å². The number of carboxylic acids is 1. The highest BCUT2D eigenvalue weighted by atomic mass is 79.9. The van der Waals surface area contributed by atoms with E-state index in [1.165, 1.54) is 0 Å². The number of carboxylic acid groups (broad SMARTS) is 1. The molecule has 1 aromatic rings. The van der Waals surface area contributed by atoms with Gasteiger partial charge in [0.15, 0.2) is 0 Å². The summed E-state index contributed by atoms with van der Waals surface area (Å²) in [5.41, 5.74) is 0. The van der Waals surface area contributed by atoms with Crippen molar-refractivity contribution < 1.29 is 9.90 Å². The van der Waals surface area contributed by atoms with E-state index in [1.807, 2.05) is 19.2 Å². The maximum absolute atomic E-state index is 10.6. The van der Waals surface area contributed by atoms with Gasteiger partial charge in [-0.15, -0.1) is 11.3 Å². The Bertz CT molecular complexity index is 314. The van der Waals surface area contributed by atoms with E-state index in [0.29, 0.717) is 6.54 Å². The second-order valence-electron chi connectivity index (χ2n) is 2.99. The van der Waals surface area contributed by atoms with E-state index in [0.717, 1.165) is 8.66 Å². The van der Waals surface area contributed by atoms with Gasteiger partial charge in [-0.1, -0.05) is 0 Å². The summed E-state index contributed by atoms with van der Waals surface area (Å²) in [4.78, 5) is 11.7. The van der Waals surface area contributed by atoms with Crippen molar-refractivity contribution in [1.29, 1.82) is 0 Å². The first-order chi connectivity index (χ1) is 6.63. The fourth-order valence-electron chi connectivity index (χ4n) is 1.28. The Morgan fingerprint density at radius 3 is 2.86 bits per heavy atom. The molecular formula is C9H12BrNO2S. The molecule has 0 bridgehead atoms. The molecule has 78 valence electrons. The summed E-state index contributed by atoms with van der Waals surface area (Å²) < 4.78 is 1.04. The summed E-state index contributed by atoms with van der Waals surface area (Å²) in [5.74, 6) is -0.691. The van der Waals surface area contributed by atoms with E-state index in [1.54, 1.807) is 11.3 Å². The molecule has 1 rings (SSSR count). The van der Waals surface area contributed by atoms with Crippen LogP contribution in [0.4, 0.5) is 0 Å². The summed E-state index contributed by atoms with van der Waals surface area (Å²) in [6, 6.07) is 3.92. The average molecular weight is 278 g/mol. The largest absolute Gasteiger partial charge is 0.481 e. The second kappa shape index (κ2) is 5.48. The normalized spacial score (nSPS) is 12.7. The minimum absolute atomic E-state index is 0.0637. The summed E-state index contributed by atoms with van der Waals surface area (Å²) in [7, 11) is 1.83. The first-order valence-corrected chi connectivity index (χ1v) is 5.86. The molecule has 0 aliphatic carbocycles. The number of aliphatic carboxylic acids is 1. The predicted octanol–water partition coefficient (Wildman–Crippen LogP) is 2.29. The molecule has 5 heteroatoms. The monoisotopic (exact) mass is 277 g/mol. The lowest BCUT2D eigenvalue weighted by atomic mass is 10.0. The third-order valence-electron chi connectivity index (χ3n) is 1.87. The molecule has 0 amide bonds. The van der Waals surface area contributed by atoms with Gasteiger partial charge in [-0.3, -0.25) is 4.79 Å². The van der Waals surface area contributed by atoms with Crippen molar-refractivity contribution in [2.45, 2.75) is 12.3 Å². The van der Waals surface area contributed by atoms with Crippen LogP contribution >= 0.6 is 27.3 Å². The highest BCUT2D eigenvalue weighted by Crippen LogP contribution is 2.30. The van der Waals surface area contributed by atoms with E-state index in [-0.39, 0.29) is 12.3 Å². The number of halogens is 1. The van der Waals surface area contributed by atoms with E-state index in [2.05, 4.69) is 21.2 Å². The van der Waals surface area contributed by atoms with Gasteiger partial charge in [0.2, 0.25) is 0 Å². The second-order valence-corrected chi connectivity index (χ2v) is 5.49. The Morgan fingerprint density at radius 1 is 1.71 bits per heavy atom. The van der Waals surface area contributed by atoms with Crippen LogP contribution in [0.1, 0.15) is 17.2 Å². The maximum atomic E-state index is 10.6. The highest BCUT2D eigenvalue weighted by Gasteiger charge is 2.16. The predicted molar refractivity (Wildman–Crippen MR) is 60.9 cm³/mol. The van der Waals surface area contributed by atoms with Crippen LogP contribution in [0.15, 0.2) is 15.9 Å². The fraction of sp³-hybridized carbons (Fsp3) is 0.444. The molecule has 1 aromatic heterocycles. The third kappa shape index (κ3) is 3.40. The Balaban J connectivity index is 2.71. The third-order valence-corrected chi connectivity index (χ3v) is 3.65. The lowest BCUT2D eigenvalue weighted by Crippen LogP contribution is -2.19. The molecule has 0 aliphatic rings. The van der Waals surface area contributed by atoms with E-state index in [9.17, 15) is 4.79 Å². The van der Waals surface area contributed by atoms with E-state index < -0.39 is 5.97 Å². The number of thiophene rings is 1. The first kappa shape index (κ1) is 11.7. The minimum atomic E-state index is -0.755. The van der Waals surface area contributed by atoms with Crippen molar-refractivity contribution in [2.24, 2.45) is 0 Å². The smallest absolute Gasteiger partial charge is 0.304 e. The molecule has 0 aromatic carbocycles. The van der Waals surface area contributed by atoms with Crippen LogP contribution in [0.5, 0.6) is 0 Å². The van der Waals surface area contributed by atoms with Crippen molar-refractivity contribution in [2.75, 3.05) is 13.6 Å². The summed E-state index contributed by atoms with van der Waals surface area (Å²) in [6.07, 6.45) is 0.174. The molecule has 2 N–H and O–H groups in total. The minimum Gasteiger partial charge on any atom is -0.481 e. The van der Waals surface area contributed by atoms with Gasteiger partial charge in [-0.2, -0.15) is 0 Å². The van der Waals surface area contributed by atoms with Crippen LogP contribution < -0.4 is 5.32 Å². The van der Waals surface area contributed by atoms with E-state index >= 15 is 0 Å². The van der Waals surface area contributed by atoms with Gasteiger partial charge >= 0.3 is 5.97 Å². The molecule has 0 saturated carbocycles. The Kier molecular flexibility index (Phi) is 4.57. The molecule has 3 nitrogen and oxygen atoms in total. The Labute approximate surface area is 95.3 Å². The maximum Gasteiger partial charge on any atom is 0.304 e. The van der Waals surface area contributed by atoms with Crippen molar-refractivity contribution >= 4 is 33.2 Å². The zero-order valence-electron chi connectivity index (χ0n) is 7.79. The zero-order valence-corrected chi connectivity index (χ0v) is 10.2. The van der Waals surface area contributed by atoms with Gasteiger partial charge in [0.1, 0.15) is 0 Å². The molecule has 0 spiro atoms. The van der Waals surface area contributed by atoms with Gasteiger partial charge in [0.25, 0.3) is 0 Å². The molecule has 0 aliphatic heterocycles. The van der Waals surface area contributed by atoms with Gasteiger partial charge in [0, 0.05) is 17.3 Å². The van der Waals surface area contributed by atoms with Crippen LogP contribution in [0.2, 0.25) is 0 Å². The van der Waals surface area contributed by atoms with Crippen LogP contribution in [-0.2, 0) is 4.79 Å². The first-order valence-electron chi connectivity index (χ1n) is 4.25. The lowest BCUT2D eigenvalue weighted by molar-refractivity contribution is -0.137. The molecular weight excluding hydrogens is 266 g/mol.